The summed E-state index contributed by atoms with van der Waals surface area (Å²) in [5, 5.41) is 3.77. The standard InChI is InChI=1S/C20H21NO/c1-2-22-18-13-7-12-17-15-10-6-11-16(15)19(21-20(17)18)14-8-4-3-5-9-14/h3-10,12-13,15-16,19,21H,2,11H2,1H3/t15-,16-,19+/m0/s1. The number of rotatable bonds is 3. The van der Waals surface area contributed by atoms with Crippen molar-refractivity contribution < 1.29 is 4.74 Å². The van der Waals surface area contributed by atoms with Crippen molar-refractivity contribution in [2.24, 2.45) is 5.92 Å². The second-order valence-electron chi connectivity index (χ2n) is 6.04. The molecule has 1 heterocycles. The Morgan fingerprint density at radius 3 is 2.77 bits per heavy atom. The number of fused-ring (bicyclic) bond motifs is 3. The summed E-state index contributed by atoms with van der Waals surface area (Å²) in [4.78, 5) is 0. The molecule has 0 fully saturated rings. The highest BCUT2D eigenvalue weighted by molar-refractivity contribution is 5.67. The molecule has 1 aliphatic heterocycles. The fraction of sp³-hybridized carbons (Fsp3) is 0.300. The Bertz CT molecular complexity index is 692. The van der Waals surface area contributed by atoms with Gasteiger partial charge in [-0.25, -0.2) is 0 Å². The maximum atomic E-state index is 5.85. The Morgan fingerprint density at radius 2 is 1.95 bits per heavy atom. The van der Waals surface area contributed by atoms with Gasteiger partial charge in [-0.15, -0.1) is 0 Å². The molecular weight excluding hydrogens is 270 g/mol. The molecular formula is C20H21NO. The van der Waals surface area contributed by atoms with Gasteiger partial charge in [-0.05, 0) is 36.5 Å². The van der Waals surface area contributed by atoms with Crippen LogP contribution < -0.4 is 10.1 Å². The van der Waals surface area contributed by atoms with Gasteiger partial charge in [0.1, 0.15) is 5.75 Å². The normalized spacial score (nSPS) is 25.2. The molecule has 1 aliphatic carbocycles. The molecule has 0 amide bonds. The van der Waals surface area contributed by atoms with Crippen molar-refractivity contribution in [1.29, 1.82) is 0 Å². The molecule has 0 aromatic heterocycles. The average Bonchev–Trinajstić information content (AvgIpc) is 3.05. The van der Waals surface area contributed by atoms with Crippen molar-refractivity contribution in [3.63, 3.8) is 0 Å². The van der Waals surface area contributed by atoms with Crippen molar-refractivity contribution in [2.45, 2.75) is 25.3 Å². The second-order valence-corrected chi connectivity index (χ2v) is 6.04. The fourth-order valence-electron chi connectivity index (χ4n) is 3.86. The molecule has 112 valence electrons. The fourth-order valence-corrected chi connectivity index (χ4v) is 3.86. The number of benzene rings is 2. The maximum absolute atomic E-state index is 5.85. The number of hydrogen-bond acceptors (Lipinski definition) is 2. The predicted molar refractivity (Wildman–Crippen MR) is 90.4 cm³/mol. The topological polar surface area (TPSA) is 21.3 Å². The van der Waals surface area contributed by atoms with Crippen LogP contribution in [0.25, 0.3) is 0 Å². The van der Waals surface area contributed by atoms with Crippen LogP contribution in [0.3, 0.4) is 0 Å². The van der Waals surface area contributed by atoms with Crippen LogP contribution in [0, 0.1) is 5.92 Å². The van der Waals surface area contributed by atoms with Gasteiger partial charge in [0.05, 0.1) is 18.3 Å². The van der Waals surface area contributed by atoms with Gasteiger partial charge in [-0.1, -0.05) is 54.6 Å². The first kappa shape index (κ1) is 13.4. The number of ether oxygens (including phenoxy) is 1. The zero-order valence-corrected chi connectivity index (χ0v) is 12.8. The van der Waals surface area contributed by atoms with Gasteiger partial charge in [0.25, 0.3) is 0 Å². The highest BCUT2D eigenvalue weighted by Gasteiger charge is 2.38. The van der Waals surface area contributed by atoms with Gasteiger partial charge in [0, 0.05) is 5.92 Å². The van der Waals surface area contributed by atoms with E-state index < -0.39 is 0 Å². The number of nitrogens with one attached hydrogen (secondary N) is 1. The maximum Gasteiger partial charge on any atom is 0.142 e. The Balaban J connectivity index is 1.80. The van der Waals surface area contributed by atoms with Crippen molar-refractivity contribution in [3.05, 3.63) is 71.8 Å². The van der Waals surface area contributed by atoms with Crippen molar-refractivity contribution >= 4 is 5.69 Å². The molecule has 4 rings (SSSR count). The zero-order valence-electron chi connectivity index (χ0n) is 12.8. The number of anilines is 1. The van der Waals surface area contributed by atoms with Crippen LogP contribution in [0.15, 0.2) is 60.7 Å². The SMILES string of the molecule is CCOc1cccc2c1N[C@H](c1ccccc1)[C@H]1CC=C[C@H]21. The molecule has 2 aromatic carbocycles. The molecule has 0 spiro atoms. The lowest BCUT2D eigenvalue weighted by molar-refractivity contribution is 0.337. The van der Waals surface area contributed by atoms with Crippen LogP contribution in [0.1, 0.15) is 36.4 Å². The first-order valence-corrected chi connectivity index (χ1v) is 8.12. The molecule has 3 atom stereocenters. The van der Waals surface area contributed by atoms with E-state index in [0.29, 0.717) is 24.5 Å². The molecule has 2 nitrogen and oxygen atoms in total. The third kappa shape index (κ3) is 2.10. The molecule has 0 saturated carbocycles. The summed E-state index contributed by atoms with van der Waals surface area (Å²) in [6.45, 7) is 2.73. The Hall–Kier alpha value is -2.22. The number of para-hydroxylation sites is 1. The lowest BCUT2D eigenvalue weighted by Gasteiger charge is -2.38. The summed E-state index contributed by atoms with van der Waals surface area (Å²) in [5.41, 5.74) is 3.90. The molecule has 1 N–H and O–H groups in total. The van der Waals surface area contributed by atoms with E-state index in [0.717, 1.165) is 12.2 Å². The van der Waals surface area contributed by atoms with Gasteiger partial charge in [0.15, 0.2) is 0 Å². The Kier molecular flexibility index (Phi) is 3.38. The van der Waals surface area contributed by atoms with Gasteiger partial charge < -0.3 is 10.1 Å². The largest absolute Gasteiger partial charge is 0.492 e. The molecule has 22 heavy (non-hydrogen) atoms. The molecule has 0 saturated heterocycles. The molecule has 2 heteroatoms. The van der Waals surface area contributed by atoms with Crippen LogP contribution in [-0.2, 0) is 0 Å². The Labute approximate surface area is 131 Å². The smallest absolute Gasteiger partial charge is 0.142 e. The lowest BCUT2D eigenvalue weighted by atomic mass is 9.77. The summed E-state index contributed by atoms with van der Waals surface area (Å²) >= 11 is 0. The summed E-state index contributed by atoms with van der Waals surface area (Å²) in [6, 6.07) is 17.5. The van der Waals surface area contributed by atoms with Crippen molar-refractivity contribution in [3.8, 4) is 5.75 Å². The molecule has 2 aliphatic rings. The van der Waals surface area contributed by atoms with E-state index in [1.165, 1.54) is 16.8 Å². The number of allylic oxidation sites excluding steroid dienone is 2. The van der Waals surface area contributed by atoms with Crippen LogP contribution in [0.4, 0.5) is 5.69 Å². The molecule has 0 bridgehead atoms. The minimum absolute atomic E-state index is 0.343. The van der Waals surface area contributed by atoms with Crippen LogP contribution in [0.5, 0.6) is 5.75 Å². The summed E-state index contributed by atoms with van der Waals surface area (Å²) in [5.74, 6) is 2.05. The lowest BCUT2D eigenvalue weighted by Crippen LogP contribution is -2.29. The summed E-state index contributed by atoms with van der Waals surface area (Å²) in [7, 11) is 0. The van der Waals surface area contributed by atoms with E-state index in [-0.39, 0.29) is 0 Å². The average molecular weight is 291 g/mol. The van der Waals surface area contributed by atoms with Crippen molar-refractivity contribution in [1.82, 2.24) is 0 Å². The van der Waals surface area contributed by atoms with Gasteiger partial charge in [0.2, 0.25) is 0 Å². The predicted octanol–water partition coefficient (Wildman–Crippen LogP) is 4.91. The van der Waals surface area contributed by atoms with Crippen LogP contribution in [-0.4, -0.2) is 6.61 Å². The van der Waals surface area contributed by atoms with Crippen LogP contribution in [0.2, 0.25) is 0 Å². The highest BCUT2D eigenvalue weighted by Crippen LogP contribution is 2.52. The molecule has 0 unspecified atom stereocenters. The summed E-state index contributed by atoms with van der Waals surface area (Å²) < 4.78 is 5.85. The highest BCUT2D eigenvalue weighted by atomic mass is 16.5. The van der Waals surface area contributed by atoms with E-state index in [1.54, 1.807) is 0 Å². The van der Waals surface area contributed by atoms with E-state index in [4.69, 9.17) is 4.74 Å². The third-order valence-electron chi connectivity index (χ3n) is 4.82. The van der Waals surface area contributed by atoms with E-state index >= 15 is 0 Å². The molecule has 2 aromatic rings. The Morgan fingerprint density at radius 1 is 1.09 bits per heavy atom. The minimum Gasteiger partial charge on any atom is -0.492 e. The second kappa shape index (κ2) is 5.53. The quantitative estimate of drug-likeness (QED) is 0.811. The third-order valence-corrected chi connectivity index (χ3v) is 4.82. The molecule has 0 radical (unpaired) electrons. The first-order valence-electron chi connectivity index (χ1n) is 8.12. The van der Waals surface area contributed by atoms with Crippen molar-refractivity contribution in [2.75, 3.05) is 11.9 Å². The summed E-state index contributed by atoms with van der Waals surface area (Å²) in [6.07, 6.45) is 5.83. The van der Waals surface area contributed by atoms with E-state index in [1.807, 2.05) is 6.92 Å². The first-order chi connectivity index (χ1) is 10.9. The van der Waals surface area contributed by atoms with Gasteiger partial charge in [-0.3, -0.25) is 0 Å². The number of hydrogen-bond donors (Lipinski definition) is 1. The zero-order chi connectivity index (χ0) is 14.9. The van der Waals surface area contributed by atoms with Gasteiger partial charge >= 0.3 is 0 Å². The van der Waals surface area contributed by atoms with E-state index in [9.17, 15) is 0 Å². The minimum atomic E-state index is 0.343. The van der Waals surface area contributed by atoms with E-state index in [2.05, 4.69) is 66.0 Å². The van der Waals surface area contributed by atoms with Gasteiger partial charge in [-0.2, -0.15) is 0 Å². The monoisotopic (exact) mass is 291 g/mol. The van der Waals surface area contributed by atoms with Crippen LogP contribution >= 0.6 is 0 Å².